The minimum absolute atomic E-state index is 0. The highest BCUT2D eigenvalue weighted by atomic mass is 127. The van der Waals surface area contributed by atoms with Crippen molar-refractivity contribution in [2.45, 2.75) is 40.3 Å². The van der Waals surface area contributed by atoms with Crippen LogP contribution in [0.5, 0.6) is 0 Å². The van der Waals surface area contributed by atoms with Crippen molar-refractivity contribution in [1.82, 2.24) is 25.3 Å². The van der Waals surface area contributed by atoms with Crippen LogP contribution in [0.4, 0.5) is 0 Å². The third-order valence-electron chi connectivity index (χ3n) is 4.73. The third kappa shape index (κ3) is 8.78. The Balaban J connectivity index is 0.00000364. The van der Waals surface area contributed by atoms with Crippen molar-refractivity contribution in [2.24, 2.45) is 16.8 Å². The largest absolute Gasteiger partial charge is 0.379 e. The van der Waals surface area contributed by atoms with Gasteiger partial charge in [0.2, 0.25) is 0 Å². The first-order valence-corrected chi connectivity index (χ1v) is 9.91. The summed E-state index contributed by atoms with van der Waals surface area (Å²) < 4.78 is 7.46. The van der Waals surface area contributed by atoms with Gasteiger partial charge < -0.3 is 15.4 Å². The van der Waals surface area contributed by atoms with Crippen LogP contribution < -0.4 is 10.6 Å². The zero-order valence-electron chi connectivity index (χ0n) is 17.2. The summed E-state index contributed by atoms with van der Waals surface area (Å²) in [6, 6.07) is 2.45. The van der Waals surface area contributed by atoms with Gasteiger partial charge in [-0.3, -0.25) is 14.6 Å². The number of rotatable bonds is 9. The first-order chi connectivity index (χ1) is 12.6. The van der Waals surface area contributed by atoms with E-state index in [1.165, 1.54) is 0 Å². The Morgan fingerprint density at radius 3 is 2.56 bits per heavy atom. The highest BCUT2D eigenvalue weighted by Gasteiger charge is 2.23. The number of guanidine groups is 1. The molecule has 156 valence electrons. The molecule has 2 rings (SSSR count). The van der Waals surface area contributed by atoms with E-state index in [0.717, 1.165) is 58.4 Å². The van der Waals surface area contributed by atoms with E-state index in [2.05, 4.69) is 48.3 Å². The average Bonchev–Trinajstić information content (AvgIpc) is 3.13. The summed E-state index contributed by atoms with van der Waals surface area (Å²) in [5.74, 6) is 1.92. The molecule has 0 saturated carbocycles. The van der Waals surface area contributed by atoms with Gasteiger partial charge in [-0.2, -0.15) is 5.10 Å². The monoisotopic (exact) mass is 492 g/mol. The van der Waals surface area contributed by atoms with E-state index < -0.39 is 0 Å². The van der Waals surface area contributed by atoms with Crippen LogP contribution in [-0.2, 0) is 11.3 Å². The van der Waals surface area contributed by atoms with Gasteiger partial charge in [-0.25, -0.2) is 0 Å². The lowest BCUT2D eigenvalue weighted by molar-refractivity contribution is 0.00752. The van der Waals surface area contributed by atoms with E-state index in [1.807, 2.05) is 23.1 Å². The van der Waals surface area contributed by atoms with Gasteiger partial charge in [0.25, 0.3) is 0 Å². The maximum atomic E-state index is 5.50. The van der Waals surface area contributed by atoms with Crippen LogP contribution in [0.3, 0.4) is 0 Å². The van der Waals surface area contributed by atoms with Gasteiger partial charge in [0.05, 0.1) is 13.2 Å². The zero-order valence-corrected chi connectivity index (χ0v) is 19.6. The predicted octanol–water partition coefficient (Wildman–Crippen LogP) is 2.05. The number of aliphatic imine (C=N–C) groups is 1. The van der Waals surface area contributed by atoms with Crippen molar-refractivity contribution < 1.29 is 4.74 Å². The van der Waals surface area contributed by atoms with Gasteiger partial charge in [0.1, 0.15) is 0 Å². The fraction of sp³-hybridized carbons (Fsp3) is 0.789. The van der Waals surface area contributed by atoms with Crippen LogP contribution in [-0.4, -0.2) is 72.6 Å². The van der Waals surface area contributed by atoms with Crippen molar-refractivity contribution in [1.29, 1.82) is 0 Å². The van der Waals surface area contributed by atoms with Crippen LogP contribution in [0.25, 0.3) is 0 Å². The van der Waals surface area contributed by atoms with Gasteiger partial charge in [0.15, 0.2) is 5.96 Å². The van der Waals surface area contributed by atoms with Gasteiger partial charge in [0, 0.05) is 57.7 Å². The Labute approximate surface area is 181 Å². The molecule has 2 N–H and O–H groups in total. The van der Waals surface area contributed by atoms with Crippen molar-refractivity contribution in [3.05, 3.63) is 18.5 Å². The Morgan fingerprint density at radius 2 is 1.96 bits per heavy atom. The maximum absolute atomic E-state index is 5.50. The zero-order chi connectivity index (χ0) is 18.8. The predicted molar refractivity (Wildman–Crippen MR) is 122 cm³/mol. The van der Waals surface area contributed by atoms with Crippen molar-refractivity contribution in [3.63, 3.8) is 0 Å². The van der Waals surface area contributed by atoms with Crippen LogP contribution >= 0.6 is 24.0 Å². The van der Waals surface area contributed by atoms with E-state index in [9.17, 15) is 0 Å². The standard InChI is InChI=1S/C19H36N6O.HI/c1-5-20-19(21-13-17(4)15-25-8-6-7-23-25)22-14-18(16(2)3)24-9-11-26-12-10-24;/h6-8,16-18H,5,9-15H2,1-4H3,(H2,20,21,22);1H. The highest BCUT2D eigenvalue weighted by Crippen LogP contribution is 2.12. The Hall–Kier alpha value is -0.870. The molecule has 0 aromatic carbocycles. The van der Waals surface area contributed by atoms with E-state index in [0.29, 0.717) is 17.9 Å². The average molecular weight is 492 g/mol. The molecular formula is C19H37IN6O. The quantitative estimate of drug-likeness (QED) is 0.314. The molecule has 1 aliphatic rings. The lowest BCUT2D eigenvalue weighted by Crippen LogP contribution is -2.52. The molecule has 2 heterocycles. The van der Waals surface area contributed by atoms with Crippen LogP contribution in [0.2, 0.25) is 0 Å². The summed E-state index contributed by atoms with van der Waals surface area (Å²) in [5, 5.41) is 11.2. The minimum Gasteiger partial charge on any atom is -0.379 e. The molecule has 0 spiro atoms. The second-order valence-electron chi connectivity index (χ2n) is 7.39. The molecule has 27 heavy (non-hydrogen) atoms. The lowest BCUT2D eigenvalue weighted by atomic mass is 10.0. The van der Waals surface area contributed by atoms with Crippen LogP contribution in [0.1, 0.15) is 27.7 Å². The number of aromatic nitrogens is 2. The number of halogens is 1. The smallest absolute Gasteiger partial charge is 0.191 e. The molecular weight excluding hydrogens is 455 g/mol. The van der Waals surface area contributed by atoms with Gasteiger partial charge >= 0.3 is 0 Å². The third-order valence-corrected chi connectivity index (χ3v) is 4.73. The van der Waals surface area contributed by atoms with Crippen molar-refractivity contribution in [2.75, 3.05) is 45.9 Å². The first kappa shape index (κ1) is 24.2. The number of nitrogens with zero attached hydrogens (tertiary/aromatic N) is 4. The lowest BCUT2D eigenvalue weighted by Gasteiger charge is -2.37. The maximum Gasteiger partial charge on any atom is 0.191 e. The van der Waals surface area contributed by atoms with Crippen LogP contribution in [0, 0.1) is 11.8 Å². The molecule has 1 aromatic heterocycles. The number of hydrogen-bond acceptors (Lipinski definition) is 4. The summed E-state index contributed by atoms with van der Waals surface area (Å²) in [6.07, 6.45) is 3.82. The molecule has 0 amide bonds. The summed E-state index contributed by atoms with van der Waals surface area (Å²) in [4.78, 5) is 7.31. The molecule has 1 fully saturated rings. The van der Waals surface area contributed by atoms with Crippen molar-refractivity contribution >= 4 is 29.9 Å². The summed E-state index contributed by atoms with van der Waals surface area (Å²) >= 11 is 0. The highest BCUT2D eigenvalue weighted by molar-refractivity contribution is 14.0. The number of ether oxygens (including phenoxy) is 1. The number of nitrogens with one attached hydrogen (secondary N) is 2. The molecule has 8 heteroatoms. The molecule has 1 aliphatic heterocycles. The van der Waals surface area contributed by atoms with E-state index in [-0.39, 0.29) is 24.0 Å². The molecule has 2 unspecified atom stereocenters. The molecule has 0 aliphatic carbocycles. The summed E-state index contributed by atoms with van der Waals surface area (Å²) in [5.41, 5.74) is 0. The van der Waals surface area contributed by atoms with Crippen molar-refractivity contribution in [3.8, 4) is 0 Å². The van der Waals surface area contributed by atoms with Gasteiger partial charge in [-0.15, -0.1) is 24.0 Å². The Kier molecular flexibility index (Phi) is 11.9. The number of hydrogen-bond donors (Lipinski definition) is 2. The number of morpholine rings is 1. The molecule has 0 radical (unpaired) electrons. The molecule has 0 bridgehead atoms. The molecule has 1 aromatic rings. The normalized spacial score (nSPS) is 18.0. The fourth-order valence-corrected chi connectivity index (χ4v) is 3.27. The first-order valence-electron chi connectivity index (χ1n) is 9.91. The topological polar surface area (TPSA) is 66.7 Å². The molecule has 7 nitrogen and oxygen atoms in total. The van der Waals surface area contributed by atoms with Gasteiger partial charge in [-0.05, 0) is 24.8 Å². The SMILES string of the molecule is CCNC(=NCC(C)Cn1cccn1)NCC(C(C)C)N1CCOCC1.I. The van der Waals surface area contributed by atoms with Crippen LogP contribution in [0.15, 0.2) is 23.5 Å². The molecule has 2 atom stereocenters. The molecule has 1 saturated heterocycles. The Bertz CT molecular complexity index is 516. The summed E-state index contributed by atoms with van der Waals surface area (Å²) in [7, 11) is 0. The van der Waals surface area contributed by atoms with E-state index in [4.69, 9.17) is 9.73 Å². The van der Waals surface area contributed by atoms with E-state index in [1.54, 1.807) is 0 Å². The summed E-state index contributed by atoms with van der Waals surface area (Å²) in [6.45, 7) is 16.0. The van der Waals surface area contributed by atoms with Gasteiger partial charge in [-0.1, -0.05) is 20.8 Å². The fourth-order valence-electron chi connectivity index (χ4n) is 3.27. The minimum atomic E-state index is 0. The second kappa shape index (κ2) is 13.3. The second-order valence-corrected chi connectivity index (χ2v) is 7.39. The Morgan fingerprint density at radius 1 is 1.22 bits per heavy atom. The van der Waals surface area contributed by atoms with E-state index >= 15 is 0 Å².